The average molecular weight is 362 g/mol. The van der Waals surface area contributed by atoms with Crippen LogP contribution in [0.4, 0.5) is 0 Å². The summed E-state index contributed by atoms with van der Waals surface area (Å²) in [6, 6.07) is 14.7. The molecule has 0 spiro atoms. The van der Waals surface area contributed by atoms with Gasteiger partial charge in [0.05, 0.1) is 23.9 Å². The zero-order valence-corrected chi connectivity index (χ0v) is 15.0. The Morgan fingerprint density at radius 1 is 1.15 bits per heavy atom. The van der Waals surface area contributed by atoms with Crippen LogP contribution in [0.15, 0.2) is 54.7 Å². The highest BCUT2D eigenvalue weighted by molar-refractivity contribution is 5.89. The van der Waals surface area contributed by atoms with Crippen molar-refractivity contribution in [3.05, 3.63) is 65.9 Å². The molecule has 0 saturated heterocycles. The maximum absolute atomic E-state index is 11.6. The number of esters is 1. The smallest absolute Gasteiger partial charge is 0.337 e. The van der Waals surface area contributed by atoms with E-state index in [1.807, 2.05) is 31.2 Å². The van der Waals surface area contributed by atoms with Crippen LogP contribution in [0.2, 0.25) is 0 Å². The molecule has 4 rings (SSSR count). The highest BCUT2D eigenvalue weighted by Gasteiger charge is 2.28. The molecule has 0 N–H and O–H groups in total. The highest BCUT2D eigenvalue weighted by Crippen LogP contribution is 2.41. The van der Waals surface area contributed by atoms with Gasteiger partial charge in [0.25, 0.3) is 0 Å². The van der Waals surface area contributed by atoms with Crippen LogP contribution in [-0.4, -0.2) is 29.7 Å². The number of ether oxygens (including phenoxy) is 3. The van der Waals surface area contributed by atoms with Gasteiger partial charge in [-0.1, -0.05) is 24.3 Å². The largest absolute Gasteiger partial charge is 0.465 e. The van der Waals surface area contributed by atoms with Crippen molar-refractivity contribution in [2.45, 2.75) is 13.2 Å². The number of para-hydroxylation sites is 1. The third kappa shape index (κ3) is 3.15. The normalized spacial score (nSPS) is 14.7. The number of nitrogens with zero attached hydrogens (tertiary/aromatic N) is 2. The molecule has 0 radical (unpaired) electrons. The van der Waals surface area contributed by atoms with Gasteiger partial charge in [0.2, 0.25) is 6.29 Å². The van der Waals surface area contributed by atoms with Crippen molar-refractivity contribution in [3.63, 3.8) is 0 Å². The molecule has 1 unspecified atom stereocenters. The number of carbonyl (C=O) groups is 1. The lowest BCUT2D eigenvalue weighted by atomic mass is 10.0. The number of carbonyl (C=O) groups excluding carboxylic acids is 1. The quantitative estimate of drug-likeness (QED) is 0.653. The summed E-state index contributed by atoms with van der Waals surface area (Å²) >= 11 is 0. The number of hydrogen-bond acceptors (Lipinski definition) is 6. The van der Waals surface area contributed by atoms with Gasteiger partial charge in [-0.25, -0.2) is 14.8 Å². The summed E-state index contributed by atoms with van der Waals surface area (Å²) in [7, 11) is 1.36. The fourth-order valence-corrected chi connectivity index (χ4v) is 3.01. The van der Waals surface area contributed by atoms with E-state index in [1.165, 1.54) is 7.11 Å². The first-order chi connectivity index (χ1) is 13.2. The van der Waals surface area contributed by atoms with E-state index in [2.05, 4.69) is 4.98 Å². The van der Waals surface area contributed by atoms with Crippen molar-refractivity contribution in [2.24, 2.45) is 0 Å². The second-order valence-corrected chi connectivity index (χ2v) is 5.97. The number of benzene rings is 2. The summed E-state index contributed by atoms with van der Waals surface area (Å²) in [4.78, 5) is 20.8. The van der Waals surface area contributed by atoms with Crippen molar-refractivity contribution >= 4 is 5.97 Å². The molecule has 1 aromatic heterocycles. The summed E-state index contributed by atoms with van der Waals surface area (Å²) in [5, 5.41) is 0. The third-order valence-electron chi connectivity index (χ3n) is 4.33. The Morgan fingerprint density at radius 3 is 2.67 bits per heavy atom. The van der Waals surface area contributed by atoms with E-state index in [9.17, 15) is 4.79 Å². The molecule has 27 heavy (non-hydrogen) atoms. The van der Waals surface area contributed by atoms with Crippen LogP contribution >= 0.6 is 0 Å². The van der Waals surface area contributed by atoms with Crippen LogP contribution in [0.3, 0.4) is 0 Å². The number of fused-ring (bicyclic) bond motifs is 3. The Morgan fingerprint density at radius 2 is 1.93 bits per heavy atom. The molecule has 6 nitrogen and oxygen atoms in total. The van der Waals surface area contributed by atoms with Crippen LogP contribution in [0.25, 0.3) is 22.6 Å². The van der Waals surface area contributed by atoms with Crippen LogP contribution in [0.5, 0.6) is 5.75 Å². The SMILES string of the molecule is CCOC1Oc2ccccc2-c2nc(-c3ccc(C(=O)OC)cc3)ncc21. The lowest BCUT2D eigenvalue weighted by Gasteiger charge is -2.27. The van der Waals surface area contributed by atoms with Crippen LogP contribution in [0, 0.1) is 0 Å². The van der Waals surface area contributed by atoms with E-state index < -0.39 is 6.29 Å². The molecule has 1 aliphatic heterocycles. The van der Waals surface area contributed by atoms with Gasteiger partial charge >= 0.3 is 5.97 Å². The molecule has 0 amide bonds. The first-order valence-corrected chi connectivity index (χ1v) is 8.64. The van der Waals surface area contributed by atoms with E-state index in [0.717, 1.165) is 28.1 Å². The van der Waals surface area contributed by atoms with Crippen LogP contribution in [0.1, 0.15) is 29.1 Å². The predicted octanol–water partition coefficient (Wildman–Crippen LogP) is 4.02. The van der Waals surface area contributed by atoms with Gasteiger partial charge in [-0.05, 0) is 31.2 Å². The van der Waals surface area contributed by atoms with Gasteiger partial charge in [-0.15, -0.1) is 0 Å². The number of hydrogen-bond donors (Lipinski definition) is 0. The minimum Gasteiger partial charge on any atom is -0.465 e. The predicted molar refractivity (Wildman–Crippen MR) is 99.2 cm³/mol. The molecule has 1 atom stereocenters. The number of methoxy groups -OCH3 is 1. The Balaban J connectivity index is 1.77. The fourth-order valence-electron chi connectivity index (χ4n) is 3.01. The Kier molecular flexibility index (Phi) is 4.56. The average Bonchev–Trinajstić information content (AvgIpc) is 2.73. The maximum Gasteiger partial charge on any atom is 0.337 e. The molecule has 2 heterocycles. The summed E-state index contributed by atoms with van der Waals surface area (Å²) in [6.07, 6.45) is 1.21. The van der Waals surface area contributed by atoms with Crippen molar-refractivity contribution in [1.82, 2.24) is 9.97 Å². The van der Waals surface area contributed by atoms with E-state index >= 15 is 0 Å². The zero-order valence-electron chi connectivity index (χ0n) is 15.0. The van der Waals surface area contributed by atoms with Crippen molar-refractivity contribution in [2.75, 3.05) is 13.7 Å². The van der Waals surface area contributed by atoms with Crippen molar-refractivity contribution < 1.29 is 19.0 Å². The fraction of sp³-hybridized carbons (Fsp3) is 0.190. The second kappa shape index (κ2) is 7.17. The van der Waals surface area contributed by atoms with E-state index in [0.29, 0.717) is 18.0 Å². The first-order valence-electron chi connectivity index (χ1n) is 8.64. The lowest BCUT2D eigenvalue weighted by Crippen LogP contribution is -2.18. The van der Waals surface area contributed by atoms with E-state index in [4.69, 9.17) is 19.2 Å². The molecule has 0 fully saturated rings. The minimum absolute atomic E-state index is 0.376. The van der Waals surface area contributed by atoms with Crippen molar-refractivity contribution in [3.8, 4) is 28.4 Å². The monoisotopic (exact) mass is 362 g/mol. The van der Waals surface area contributed by atoms with E-state index in [1.54, 1.807) is 30.5 Å². The lowest BCUT2D eigenvalue weighted by molar-refractivity contribution is -0.0805. The molecule has 3 aromatic rings. The minimum atomic E-state index is -0.532. The molecule has 136 valence electrons. The summed E-state index contributed by atoms with van der Waals surface area (Å²) in [5.74, 6) is 0.921. The second-order valence-electron chi connectivity index (χ2n) is 5.97. The molecular weight excluding hydrogens is 344 g/mol. The standard InChI is InChI=1S/C21H18N2O4/c1-3-26-21-16-12-22-19(13-8-10-14(11-9-13)20(24)25-2)23-18(16)15-6-4-5-7-17(15)27-21/h4-12,21H,3H2,1-2H3. The molecule has 0 aliphatic carbocycles. The Hall–Kier alpha value is -3.25. The van der Waals surface area contributed by atoms with Gasteiger partial charge in [0, 0.05) is 23.9 Å². The molecule has 2 aromatic carbocycles. The van der Waals surface area contributed by atoms with Gasteiger partial charge in [0.1, 0.15) is 5.75 Å². The molecule has 0 saturated carbocycles. The summed E-state index contributed by atoms with van der Waals surface area (Å²) < 4.78 is 16.4. The summed E-state index contributed by atoms with van der Waals surface area (Å²) in [5.41, 5.74) is 3.78. The van der Waals surface area contributed by atoms with Crippen LogP contribution < -0.4 is 4.74 Å². The zero-order chi connectivity index (χ0) is 18.8. The van der Waals surface area contributed by atoms with Gasteiger partial charge in [-0.2, -0.15) is 0 Å². The maximum atomic E-state index is 11.6. The van der Waals surface area contributed by atoms with Gasteiger partial charge in [0.15, 0.2) is 5.82 Å². The number of aromatic nitrogens is 2. The number of rotatable bonds is 4. The molecular formula is C21H18N2O4. The topological polar surface area (TPSA) is 70.5 Å². The van der Waals surface area contributed by atoms with Gasteiger partial charge in [-0.3, -0.25) is 0 Å². The highest BCUT2D eigenvalue weighted by atomic mass is 16.7. The molecule has 1 aliphatic rings. The van der Waals surface area contributed by atoms with Crippen molar-refractivity contribution in [1.29, 1.82) is 0 Å². The molecule has 6 heteroatoms. The first kappa shape index (κ1) is 17.2. The van der Waals surface area contributed by atoms with Gasteiger partial charge < -0.3 is 14.2 Å². The van der Waals surface area contributed by atoms with E-state index in [-0.39, 0.29) is 5.97 Å². The summed E-state index contributed by atoms with van der Waals surface area (Å²) in [6.45, 7) is 2.44. The Labute approximate surface area is 156 Å². The molecule has 0 bridgehead atoms. The van der Waals surface area contributed by atoms with Crippen LogP contribution in [-0.2, 0) is 9.47 Å². The third-order valence-corrected chi connectivity index (χ3v) is 4.33. The Bertz CT molecular complexity index is 986.